The molecule has 1 aliphatic carbocycles. The second kappa shape index (κ2) is 4.37. The number of hydrogen-bond donors (Lipinski definition) is 1. The molecule has 1 aromatic rings. The maximum atomic E-state index is 11.4. The van der Waals surface area contributed by atoms with E-state index in [-0.39, 0.29) is 17.6 Å². The lowest BCUT2D eigenvalue weighted by Gasteiger charge is -2.45. The van der Waals surface area contributed by atoms with E-state index in [1.807, 2.05) is 12.1 Å². The number of phenolic OH excluding ortho intramolecular Hbond substituents is 1. The molecule has 0 radical (unpaired) electrons. The van der Waals surface area contributed by atoms with Gasteiger partial charge < -0.3 is 14.6 Å². The first-order chi connectivity index (χ1) is 8.11. The summed E-state index contributed by atoms with van der Waals surface area (Å²) in [4.78, 5) is 11.4. The van der Waals surface area contributed by atoms with Crippen molar-refractivity contribution in [1.29, 1.82) is 0 Å². The number of carbonyl (C=O) groups excluding carboxylic acids is 1. The van der Waals surface area contributed by atoms with Gasteiger partial charge in [0.05, 0.1) is 18.6 Å². The molecule has 1 saturated carbocycles. The lowest BCUT2D eigenvalue weighted by Crippen LogP contribution is -2.46. The molecule has 17 heavy (non-hydrogen) atoms. The second-order valence-corrected chi connectivity index (χ2v) is 4.37. The summed E-state index contributed by atoms with van der Waals surface area (Å²) < 4.78 is 10.2. The average molecular weight is 236 g/mol. The van der Waals surface area contributed by atoms with Gasteiger partial charge in [0.2, 0.25) is 0 Å². The fourth-order valence-electron chi connectivity index (χ4n) is 2.35. The number of aromatic hydroxyl groups is 1. The van der Waals surface area contributed by atoms with Gasteiger partial charge in [-0.2, -0.15) is 0 Å². The molecule has 92 valence electrons. The van der Waals surface area contributed by atoms with Gasteiger partial charge in [0.1, 0.15) is 5.75 Å². The first kappa shape index (κ1) is 11.9. The van der Waals surface area contributed by atoms with E-state index in [0.717, 1.165) is 5.56 Å². The Bertz CT molecular complexity index is 404. The Kier molecular flexibility index (Phi) is 3.07. The predicted octanol–water partition coefficient (Wildman–Crippen LogP) is 1.82. The Labute approximate surface area is 100 Å². The molecule has 4 heteroatoms. The van der Waals surface area contributed by atoms with Crippen LogP contribution < -0.4 is 0 Å². The summed E-state index contributed by atoms with van der Waals surface area (Å²) in [5, 5.41) is 9.25. The summed E-state index contributed by atoms with van der Waals surface area (Å²) in [5.41, 5.74) is 0.574. The zero-order valence-electron chi connectivity index (χ0n) is 9.97. The van der Waals surface area contributed by atoms with Crippen molar-refractivity contribution in [1.82, 2.24) is 0 Å². The SMILES string of the molecule is COC(=O)C1CC(OC)(c2ccc(O)cc2)C1. The molecule has 0 heterocycles. The summed E-state index contributed by atoms with van der Waals surface area (Å²) in [6.45, 7) is 0. The summed E-state index contributed by atoms with van der Waals surface area (Å²) in [6.07, 6.45) is 1.25. The van der Waals surface area contributed by atoms with Crippen molar-refractivity contribution in [3.05, 3.63) is 29.8 Å². The fourth-order valence-corrected chi connectivity index (χ4v) is 2.35. The normalized spacial score (nSPS) is 27.3. The lowest BCUT2D eigenvalue weighted by molar-refractivity contribution is -0.168. The highest BCUT2D eigenvalue weighted by atomic mass is 16.5. The van der Waals surface area contributed by atoms with Crippen molar-refractivity contribution in [2.24, 2.45) is 5.92 Å². The molecule has 4 nitrogen and oxygen atoms in total. The van der Waals surface area contributed by atoms with Crippen molar-refractivity contribution in [2.75, 3.05) is 14.2 Å². The van der Waals surface area contributed by atoms with Crippen molar-refractivity contribution in [2.45, 2.75) is 18.4 Å². The van der Waals surface area contributed by atoms with E-state index in [2.05, 4.69) is 0 Å². The number of esters is 1. The van der Waals surface area contributed by atoms with E-state index in [1.165, 1.54) is 7.11 Å². The first-order valence-corrected chi connectivity index (χ1v) is 5.54. The molecular formula is C13H16O4. The second-order valence-electron chi connectivity index (χ2n) is 4.37. The zero-order chi connectivity index (χ0) is 12.5. The number of methoxy groups -OCH3 is 2. The predicted molar refractivity (Wildman–Crippen MR) is 61.5 cm³/mol. The van der Waals surface area contributed by atoms with E-state index >= 15 is 0 Å². The Hall–Kier alpha value is -1.55. The van der Waals surface area contributed by atoms with Crippen LogP contribution in [0, 0.1) is 5.92 Å². The van der Waals surface area contributed by atoms with Gasteiger partial charge in [0, 0.05) is 7.11 Å². The molecule has 2 rings (SSSR count). The largest absolute Gasteiger partial charge is 0.508 e. The highest BCUT2D eigenvalue weighted by molar-refractivity contribution is 5.74. The smallest absolute Gasteiger partial charge is 0.308 e. The Balaban J connectivity index is 2.14. The van der Waals surface area contributed by atoms with Crippen LogP contribution in [0.1, 0.15) is 18.4 Å². The van der Waals surface area contributed by atoms with E-state index in [1.54, 1.807) is 19.2 Å². The number of carbonyl (C=O) groups is 1. The average Bonchev–Trinajstić information content (AvgIpc) is 2.30. The van der Waals surface area contributed by atoms with Crippen LogP contribution in [0.15, 0.2) is 24.3 Å². The van der Waals surface area contributed by atoms with E-state index in [9.17, 15) is 9.90 Å². The van der Waals surface area contributed by atoms with Crippen LogP contribution >= 0.6 is 0 Å². The number of rotatable bonds is 3. The standard InChI is InChI=1S/C13H16O4/c1-16-12(15)9-7-13(8-9,17-2)10-3-5-11(14)6-4-10/h3-6,9,14H,7-8H2,1-2H3. The van der Waals surface area contributed by atoms with Gasteiger partial charge in [0.25, 0.3) is 0 Å². The minimum atomic E-state index is -0.410. The number of ether oxygens (including phenoxy) is 2. The Morgan fingerprint density at radius 1 is 1.29 bits per heavy atom. The quantitative estimate of drug-likeness (QED) is 0.813. The van der Waals surface area contributed by atoms with Gasteiger partial charge >= 0.3 is 5.97 Å². The van der Waals surface area contributed by atoms with Gasteiger partial charge in [-0.25, -0.2) is 0 Å². The maximum absolute atomic E-state index is 11.4. The van der Waals surface area contributed by atoms with Gasteiger partial charge in [0.15, 0.2) is 0 Å². The molecule has 1 aromatic carbocycles. The minimum Gasteiger partial charge on any atom is -0.508 e. The van der Waals surface area contributed by atoms with Crippen LogP contribution in [0.2, 0.25) is 0 Å². The van der Waals surface area contributed by atoms with Crippen LogP contribution in [0.25, 0.3) is 0 Å². The number of benzene rings is 1. The molecule has 0 aliphatic heterocycles. The topological polar surface area (TPSA) is 55.8 Å². The molecule has 0 aromatic heterocycles. The third kappa shape index (κ3) is 2.00. The fraction of sp³-hybridized carbons (Fsp3) is 0.462. The Morgan fingerprint density at radius 3 is 2.35 bits per heavy atom. The molecule has 1 aliphatic rings. The summed E-state index contributed by atoms with van der Waals surface area (Å²) in [5.74, 6) is -0.0472. The van der Waals surface area contributed by atoms with Crippen molar-refractivity contribution >= 4 is 5.97 Å². The van der Waals surface area contributed by atoms with E-state index in [4.69, 9.17) is 9.47 Å². The number of hydrogen-bond acceptors (Lipinski definition) is 4. The van der Waals surface area contributed by atoms with Crippen molar-refractivity contribution in [3.8, 4) is 5.75 Å². The summed E-state index contributed by atoms with van der Waals surface area (Å²) in [7, 11) is 3.04. The first-order valence-electron chi connectivity index (χ1n) is 5.54. The third-order valence-electron chi connectivity index (χ3n) is 3.47. The monoisotopic (exact) mass is 236 g/mol. The summed E-state index contributed by atoms with van der Waals surface area (Å²) in [6, 6.07) is 6.90. The number of phenols is 1. The highest BCUT2D eigenvalue weighted by Crippen LogP contribution is 2.48. The molecule has 0 spiro atoms. The molecular weight excluding hydrogens is 220 g/mol. The van der Waals surface area contributed by atoms with Gasteiger partial charge in [-0.3, -0.25) is 4.79 Å². The van der Waals surface area contributed by atoms with Crippen molar-refractivity contribution in [3.63, 3.8) is 0 Å². The molecule has 0 atom stereocenters. The molecule has 0 unspecified atom stereocenters. The molecule has 0 amide bonds. The van der Waals surface area contributed by atoms with Gasteiger partial charge in [-0.05, 0) is 30.5 Å². The molecule has 0 bridgehead atoms. The van der Waals surface area contributed by atoms with E-state index in [0.29, 0.717) is 12.8 Å². The minimum absolute atomic E-state index is 0.0891. The lowest BCUT2D eigenvalue weighted by atomic mass is 9.67. The van der Waals surface area contributed by atoms with Crippen molar-refractivity contribution < 1.29 is 19.4 Å². The van der Waals surface area contributed by atoms with Gasteiger partial charge in [-0.15, -0.1) is 0 Å². The van der Waals surface area contributed by atoms with Crippen LogP contribution in [0.3, 0.4) is 0 Å². The van der Waals surface area contributed by atoms with E-state index < -0.39 is 5.60 Å². The van der Waals surface area contributed by atoms with Crippen LogP contribution in [-0.4, -0.2) is 25.3 Å². The van der Waals surface area contributed by atoms with Crippen LogP contribution in [0.4, 0.5) is 0 Å². The molecule has 1 fully saturated rings. The highest BCUT2D eigenvalue weighted by Gasteiger charge is 2.49. The van der Waals surface area contributed by atoms with Gasteiger partial charge in [-0.1, -0.05) is 12.1 Å². The van der Waals surface area contributed by atoms with Crippen LogP contribution in [-0.2, 0) is 19.9 Å². The summed E-state index contributed by atoms with van der Waals surface area (Å²) >= 11 is 0. The Morgan fingerprint density at radius 2 is 1.88 bits per heavy atom. The molecule has 0 saturated heterocycles. The molecule has 1 N–H and O–H groups in total. The van der Waals surface area contributed by atoms with Crippen LogP contribution in [0.5, 0.6) is 5.75 Å². The third-order valence-corrected chi connectivity index (χ3v) is 3.47. The maximum Gasteiger partial charge on any atom is 0.308 e. The zero-order valence-corrected chi connectivity index (χ0v) is 9.97.